The lowest BCUT2D eigenvalue weighted by molar-refractivity contribution is -0.0441. The first-order valence-electron chi connectivity index (χ1n) is 6.99. The summed E-state index contributed by atoms with van der Waals surface area (Å²) in [6.45, 7) is 1.00. The van der Waals surface area contributed by atoms with Crippen LogP contribution in [0.5, 0.6) is 0 Å². The zero-order valence-corrected chi connectivity index (χ0v) is 12.5. The SMILES string of the molecule is COC(=O)c1c(N)c(C#N)cn1-c1ccccc1C1OCCO1. The van der Waals surface area contributed by atoms with Crippen LogP contribution in [0.2, 0.25) is 0 Å². The van der Waals surface area contributed by atoms with Crippen molar-refractivity contribution in [1.82, 2.24) is 4.57 Å². The number of hydrogen-bond donors (Lipinski definition) is 1. The zero-order valence-electron chi connectivity index (χ0n) is 12.5. The van der Waals surface area contributed by atoms with E-state index in [9.17, 15) is 10.1 Å². The van der Waals surface area contributed by atoms with E-state index in [2.05, 4.69) is 0 Å². The van der Waals surface area contributed by atoms with Crippen LogP contribution in [0.25, 0.3) is 5.69 Å². The number of aromatic nitrogens is 1. The number of hydrogen-bond acceptors (Lipinski definition) is 6. The topological polar surface area (TPSA) is 99.5 Å². The molecule has 2 heterocycles. The van der Waals surface area contributed by atoms with Gasteiger partial charge in [-0.05, 0) is 6.07 Å². The number of nitrogens with zero attached hydrogens (tertiary/aromatic N) is 2. The van der Waals surface area contributed by atoms with Crippen molar-refractivity contribution in [3.05, 3.63) is 47.3 Å². The van der Waals surface area contributed by atoms with Gasteiger partial charge in [0.2, 0.25) is 0 Å². The summed E-state index contributed by atoms with van der Waals surface area (Å²) < 4.78 is 17.4. The lowest BCUT2D eigenvalue weighted by atomic mass is 10.1. The van der Waals surface area contributed by atoms with E-state index < -0.39 is 12.3 Å². The molecule has 0 radical (unpaired) electrons. The van der Waals surface area contributed by atoms with Crippen molar-refractivity contribution >= 4 is 11.7 Å². The Hall–Kier alpha value is -2.82. The quantitative estimate of drug-likeness (QED) is 0.867. The Bertz CT molecular complexity index is 785. The average molecular weight is 313 g/mol. The van der Waals surface area contributed by atoms with Gasteiger partial charge in [0.15, 0.2) is 12.0 Å². The third kappa shape index (κ3) is 2.54. The number of anilines is 1. The second-order valence-corrected chi connectivity index (χ2v) is 4.91. The highest BCUT2D eigenvalue weighted by Crippen LogP contribution is 2.32. The summed E-state index contributed by atoms with van der Waals surface area (Å²) in [4.78, 5) is 12.1. The molecule has 0 amide bonds. The molecular weight excluding hydrogens is 298 g/mol. The van der Waals surface area contributed by atoms with Gasteiger partial charge in [-0.1, -0.05) is 18.2 Å². The molecule has 0 spiro atoms. The molecule has 0 saturated carbocycles. The number of carbonyl (C=O) groups excluding carboxylic acids is 1. The molecule has 7 heteroatoms. The smallest absolute Gasteiger partial charge is 0.357 e. The lowest BCUT2D eigenvalue weighted by Gasteiger charge is -2.16. The third-order valence-corrected chi connectivity index (χ3v) is 3.62. The Morgan fingerprint density at radius 1 is 1.39 bits per heavy atom. The molecule has 1 aromatic heterocycles. The van der Waals surface area contributed by atoms with Gasteiger partial charge in [-0.2, -0.15) is 5.26 Å². The predicted molar refractivity (Wildman–Crippen MR) is 80.9 cm³/mol. The van der Waals surface area contributed by atoms with Crippen molar-refractivity contribution in [3.63, 3.8) is 0 Å². The number of esters is 1. The molecule has 1 aliphatic rings. The van der Waals surface area contributed by atoms with E-state index in [1.807, 2.05) is 24.3 Å². The second kappa shape index (κ2) is 6.12. The Labute approximate surface area is 132 Å². The Morgan fingerprint density at radius 2 is 2.09 bits per heavy atom. The van der Waals surface area contributed by atoms with Gasteiger partial charge >= 0.3 is 5.97 Å². The zero-order chi connectivity index (χ0) is 16.4. The maximum absolute atomic E-state index is 12.1. The fraction of sp³-hybridized carbons (Fsp3) is 0.250. The second-order valence-electron chi connectivity index (χ2n) is 4.91. The highest BCUT2D eigenvalue weighted by atomic mass is 16.7. The average Bonchev–Trinajstić information content (AvgIpc) is 3.22. The highest BCUT2D eigenvalue weighted by Gasteiger charge is 2.26. The molecule has 7 nitrogen and oxygen atoms in total. The Kier molecular flexibility index (Phi) is 4.02. The molecule has 23 heavy (non-hydrogen) atoms. The standard InChI is InChI=1S/C16H15N3O4/c1-21-15(20)14-13(18)10(8-17)9-19(14)12-5-3-2-4-11(12)16-22-6-7-23-16/h2-5,9,16H,6-7,18H2,1H3. The molecule has 0 bridgehead atoms. The monoisotopic (exact) mass is 313 g/mol. The molecular formula is C16H15N3O4. The molecule has 0 aliphatic carbocycles. The minimum absolute atomic E-state index is 0.0856. The summed E-state index contributed by atoms with van der Waals surface area (Å²) in [6.07, 6.45) is 0.987. The van der Waals surface area contributed by atoms with E-state index >= 15 is 0 Å². The van der Waals surface area contributed by atoms with Crippen LogP contribution in [-0.4, -0.2) is 30.9 Å². The fourth-order valence-corrected chi connectivity index (χ4v) is 2.55. The van der Waals surface area contributed by atoms with E-state index in [0.717, 1.165) is 5.56 Å². The Morgan fingerprint density at radius 3 is 2.74 bits per heavy atom. The van der Waals surface area contributed by atoms with Crippen LogP contribution in [-0.2, 0) is 14.2 Å². The number of nitriles is 1. The molecule has 0 unspecified atom stereocenters. The van der Waals surface area contributed by atoms with Gasteiger partial charge in [0, 0.05) is 11.8 Å². The number of nitrogens with two attached hydrogens (primary N) is 1. The van der Waals surface area contributed by atoms with Crippen molar-refractivity contribution in [2.45, 2.75) is 6.29 Å². The van der Waals surface area contributed by atoms with E-state index in [1.54, 1.807) is 10.6 Å². The maximum atomic E-state index is 12.1. The van der Waals surface area contributed by atoms with Crippen LogP contribution in [0.1, 0.15) is 27.9 Å². The van der Waals surface area contributed by atoms with Gasteiger partial charge in [-0.15, -0.1) is 0 Å². The molecule has 0 atom stereocenters. The van der Waals surface area contributed by atoms with E-state index in [1.165, 1.54) is 13.3 Å². The summed E-state index contributed by atoms with van der Waals surface area (Å²) in [5, 5.41) is 9.19. The van der Waals surface area contributed by atoms with Gasteiger partial charge in [-0.25, -0.2) is 4.79 Å². The molecule has 118 valence electrons. The number of carbonyl (C=O) groups is 1. The van der Waals surface area contributed by atoms with Gasteiger partial charge in [-0.3, -0.25) is 0 Å². The minimum atomic E-state index is -0.618. The van der Waals surface area contributed by atoms with Crippen LogP contribution >= 0.6 is 0 Å². The van der Waals surface area contributed by atoms with Crippen LogP contribution in [0, 0.1) is 11.3 Å². The fourth-order valence-electron chi connectivity index (χ4n) is 2.55. The van der Waals surface area contributed by atoms with Crippen LogP contribution in [0.4, 0.5) is 5.69 Å². The maximum Gasteiger partial charge on any atom is 0.357 e. The summed E-state index contributed by atoms with van der Waals surface area (Å²) in [5.74, 6) is -0.618. The van der Waals surface area contributed by atoms with Crippen LogP contribution in [0.15, 0.2) is 30.5 Å². The molecule has 1 aliphatic heterocycles. The first kappa shape index (κ1) is 15.1. The number of methoxy groups -OCH3 is 1. The summed E-state index contributed by atoms with van der Waals surface area (Å²) in [5.41, 5.74) is 7.71. The van der Waals surface area contributed by atoms with Crippen LogP contribution < -0.4 is 5.73 Å². The molecule has 2 N–H and O–H groups in total. The first-order valence-corrected chi connectivity index (χ1v) is 6.99. The van der Waals surface area contributed by atoms with Crippen molar-refractivity contribution in [2.24, 2.45) is 0 Å². The van der Waals surface area contributed by atoms with Gasteiger partial charge in [0.1, 0.15) is 6.07 Å². The minimum Gasteiger partial charge on any atom is -0.464 e. The molecule has 3 rings (SSSR count). The largest absolute Gasteiger partial charge is 0.464 e. The number of para-hydroxylation sites is 1. The van der Waals surface area contributed by atoms with Crippen molar-refractivity contribution in [2.75, 3.05) is 26.1 Å². The van der Waals surface area contributed by atoms with E-state index in [-0.39, 0.29) is 16.9 Å². The number of benzene rings is 1. The highest BCUT2D eigenvalue weighted by molar-refractivity contribution is 5.96. The normalized spacial score (nSPS) is 14.6. The van der Waals surface area contributed by atoms with Crippen molar-refractivity contribution in [3.8, 4) is 11.8 Å². The third-order valence-electron chi connectivity index (χ3n) is 3.62. The van der Waals surface area contributed by atoms with E-state index in [0.29, 0.717) is 18.9 Å². The summed E-state index contributed by atoms with van der Waals surface area (Å²) in [6, 6.07) is 9.28. The van der Waals surface area contributed by atoms with Crippen molar-refractivity contribution in [1.29, 1.82) is 5.26 Å². The molecule has 1 saturated heterocycles. The molecule has 1 aromatic carbocycles. The molecule has 2 aromatic rings. The number of rotatable bonds is 3. The van der Waals surface area contributed by atoms with Crippen LogP contribution in [0.3, 0.4) is 0 Å². The van der Waals surface area contributed by atoms with Gasteiger partial charge in [0.25, 0.3) is 0 Å². The molecule has 1 fully saturated rings. The number of ether oxygens (including phenoxy) is 3. The van der Waals surface area contributed by atoms with Gasteiger partial charge < -0.3 is 24.5 Å². The summed E-state index contributed by atoms with van der Waals surface area (Å²) in [7, 11) is 1.26. The van der Waals surface area contributed by atoms with E-state index in [4.69, 9.17) is 19.9 Å². The number of nitrogen functional groups attached to an aromatic ring is 1. The Balaban J connectivity index is 2.20. The summed E-state index contributed by atoms with van der Waals surface area (Å²) >= 11 is 0. The van der Waals surface area contributed by atoms with Crippen molar-refractivity contribution < 1.29 is 19.0 Å². The van der Waals surface area contributed by atoms with Gasteiger partial charge in [0.05, 0.1) is 37.3 Å². The first-order chi connectivity index (χ1) is 11.2. The lowest BCUT2D eigenvalue weighted by Crippen LogP contribution is -2.13. The predicted octanol–water partition coefficient (Wildman–Crippen LogP) is 1.76.